The highest BCUT2D eigenvalue weighted by atomic mass is 13.3. The summed E-state index contributed by atoms with van der Waals surface area (Å²) in [4.78, 5) is 0. The van der Waals surface area contributed by atoms with Crippen LogP contribution in [-0.2, 0) is 0 Å². The number of hydrogen-bond donors (Lipinski definition) is 0. The summed E-state index contributed by atoms with van der Waals surface area (Å²) in [7, 11) is 64.8. The zero-order valence-corrected chi connectivity index (χ0v) is 12.1. The van der Waals surface area contributed by atoms with Gasteiger partial charge in [-0.15, -0.1) is 0 Å². The topological polar surface area (TPSA) is 0 Å². The van der Waals surface area contributed by atoms with Crippen LogP contribution in [0.15, 0.2) is 0 Å². The Hall–Kier alpha value is 1.36. The van der Waals surface area contributed by atoms with Crippen molar-refractivity contribution in [2.75, 3.05) is 0 Å². The molecule has 64 valence electrons. The molecule has 0 fully saturated rings. The molecule has 0 bridgehead atoms. The van der Waals surface area contributed by atoms with Gasteiger partial charge >= 0.3 is 0 Å². The normalized spacial score (nSPS) is 9.19. The van der Waals surface area contributed by atoms with Crippen molar-refractivity contribution in [1.82, 2.24) is 0 Å². The second kappa shape index (κ2) is 10.3. The van der Waals surface area contributed by atoms with Crippen molar-refractivity contribution in [2.45, 2.75) is 0 Å². The Balaban J connectivity index is 5.83. The van der Waals surface area contributed by atoms with E-state index in [4.69, 9.17) is 85.1 Å². The monoisotopic (exact) mass is 231 g/mol. The van der Waals surface area contributed by atoms with E-state index in [1.807, 2.05) is 0 Å². The second-order valence-electron chi connectivity index (χ2n) is 5.39. The second-order valence-corrected chi connectivity index (χ2v) is 5.39. The molecule has 0 heterocycles. The summed E-state index contributed by atoms with van der Waals surface area (Å²) < 4.78 is 0. The average Bonchev–Trinajstić information content (AvgIpc) is 2.26. The molecule has 0 nitrogen and oxygen atoms in total. The Morgan fingerprint density at radius 1 is 0.476 bits per heavy atom. The summed E-state index contributed by atoms with van der Waals surface area (Å²) in [5.41, 5.74) is 0. The maximum atomic E-state index is 5.79. The fraction of sp³-hybridized carbons (Fsp3) is 0. The Kier molecular flexibility index (Phi) is 10.9. The maximum Gasteiger partial charge on any atom is -0.0000000127 e. The van der Waals surface area contributed by atoms with Gasteiger partial charge in [0.15, 0.2) is 0 Å². The van der Waals surface area contributed by atoms with Crippen LogP contribution in [0.2, 0.25) is 0 Å². The van der Waals surface area contributed by atoms with E-state index in [0.29, 0.717) is 0 Å². The number of rotatable bonds is 9. The van der Waals surface area contributed by atoms with Crippen molar-refractivity contribution in [3.8, 4) is 0 Å². The third-order valence-corrected chi connectivity index (χ3v) is 3.78. The summed E-state index contributed by atoms with van der Waals surface area (Å²) in [6.45, 7) is 0. The molecule has 0 aliphatic carbocycles. The SMILES string of the molecule is [B]B([B])B([B][B-])B(B(B([B])[B])B([B])[B])B(B([B])[B])B([B])[B]. The molecule has 0 amide bonds. The molecular weight excluding hydrogens is 227 g/mol. The van der Waals surface area contributed by atoms with Gasteiger partial charge in [-0.25, -0.2) is 0 Å². The van der Waals surface area contributed by atoms with Gasteiger partial charge < -0.3 is 7.74 Å². The molecule has 0 unspecified atom stereocenters. The largest absolute Gasteiger partial charge is 0.690 e. The van der Waals surface area contributed by atoms with Crippen molar-refractivity contribution < 1.29 is 0 Å². The lowest BCUT2D eigenvalue weighted by Gasteiger charge is -2.45. The van der Waals surface area contributed by atoms with Gasteiger partial charge in [0, 0.05) is 0 Å². The van der Waals surface area contributed by atoms with Gasteiger partial charge in [-0.05, 0) is 135 Å². The molecule has 0 saturated heterocycles. The van der Waals surface area contributed by atoms with E-state index in [1.165, 1.54) is 7.06 Å². The first-order valence-corrected chi connectivity index (χ1v) is 6.67. The van der Waals surface area contributed by atoms with Crippen LogP contribution in [0.5, 0.6) is 0 Å². The van der Waals surface area contributed by atoms with Gasteiger partial charge in [-0.1, -0.05) is 0 Å². The Morgan fingerprint density at radius 2 is 0.762 bits per heavy atom. The molecule has 0 rings (SSSR count). The van der Waals surface area contributed by atoms with E-state index in [9.17, 15) is 0 Å². The van der Waals surface area contributed by atoms with Crippen LogP contribution in [-0.4, -0.2) is 150 Å². The maximum absolute atomic E-state index is 5.79. The standard InChI is InChI=1S/B21/c1-12-18(13(2)3)21(19(14(4)5)15(6)7)20(16(8)9)17(10)11/q-1. The highest BCUT2D eigenvalue weighted by molar-refractivity contribution is 8.20. The molecule has 21 heteroatoms. The van der Waals surface area contributed by atoms with Crippen molar-refractivity contribution in [3.05, 3.63) is 0 Å². The Morgan fingerprint density at radius 3 is 0.905 bits per heavy atom. The van der Waals surface area contributed by atoms with Crippen LogP contribution in [0.3, 0.4) is 0 Å². The van der Waals surface area contributed by atoms with E-state index in [0.717, 1.165) is 0 Å². The molecule has 0 aromatic carbocycles. The van der Waals surface area contributed by atoms with Gasteiger partial charge in [-0.3, -0.25) is 7.06 Å². The summed E-state index contributed by atoms with van der Waals surface area (Å²) in [6.07, 6.45) is -6.78. The van der Waals surface area contributed by atoms with Crippen LogP contribution in [0, 0.1) is 0 Å². The predicted octanol–water partition coefficient (Wildman–Crippen LogP) is -8.00. The van der Waals surface area contributed by atoms with Crippen LogP contribution in [0.4, 0.5) is 0 Å². The minimum absolute atomic E-state index is 0.574. The quantitative estimate of drug-likeness (QED) is 0.343. The van der Waals surface area contributed by atoms with Crippen molar-refractivity contribution in [1.29, 1.82) is 0 Å². The average molecular weight is 227 g/mol. The molecule has 21 heavy (non-hydrogen) atoms. The fourth-order valence-electron chi connectivity index (χ4n) is 2.82. The van der Waals surface area contributed by atoms with E-state index in [-0.39, 0.29) is 0 Å². The molecule has 0 aromatic rings. The lowest BCUT2D eigenvalue weighted by molar-refractivity contribution is 3.32. The predicted molar refractivity (Wildman–Crippen MR) is 121 cm³/mol. The van der Waals surface area contributed by atoms with Crippen molar-refractivity contribution in [2.24, 2.45) is 0 Å². The van der Waals surface area contributed by atoms with E-state index in [2.05, 4.69) is 0 Å². The van der Waals surface area contributed by atoms with Crippen molar-refractivity contribution >= 4 is 150 Å². The Labute approximate surface area is 149 Å². The Bertz CT molecular complexity index is 223. The van der Waals surface area contributed by atoms with Crippen LogP contribution >= 0.6 is 0 Å². The summed E-state index contributed by atoms with van der Waals surface area (Å²) in [6, 6.07) is 0. The van der Waals surface area contributed by atoms with E-state index in [1.54, 1.807) is 0 Å². The molecule has 0 atom stereocenters. The van der Waals surface area contributed by atoms with E-state index >= 15 is 0 Å². The van der Waals surface area contributed by atoms with Crippen LogP contribution < -0.4 is 0 Å². The van der Waals surface area contributed by atoms with E-state index < -0.39 is 57.5 Å². The third-order valence-electron chi connectivity index (χ3n) is 3.78. The van der Waals surface area contributed by atoms with Crippen molar-refractivity contribution in [3.63, 3.8) is 0 Å². The summed E-state index contributed by atoms with van der Waals surface area (Å²) >= 11 is 0. The molecule has 24 radical (unpaired) electrons. The molecular formula is B21-. The zero-order chi connectivity index (χ0) is 16.9. The minimum atomic E-state index is -0.879. The summed E-state index contributed by atoms with van der Waals surface area (Å²) in [5.74, 6) is 0. The molecule has 0 spiro atoms. The minimum Gasteiger partial charge on any atom is -0.690 e. The highest BCUT2D eigenvalue weighted by Crippen LogP contribution is 2.06. The van der Waals surface area contributed by atoms with Gasteiger partial charge in [-0.2, -0.15) is 0 Å². The molecule has 0 aliphatic rings. The lowest BCUT2D eigenvalue weighted by atomic mass is 8.38. The smallest absolute Gasteiger partial charge is 0.0000000127 e. The molecule has 0 aromatic heterocycles. The summed E-state index contributed by atoms with van der Waals surface area (Å²) in [5, 5.41) is 0. The van der Waals surface area contributed by atoms with Crippen LogP contribution in [0.1, 0.15) is 0 Å². The lowest BCUT2D eigenvalue weighted by Crippen LogP contribution is -2.81. The molecule has 0 aliphatic heterocycles. The first-order chi connectivity index (χ1) is 9.56. The zero-order valence-electron chi connectivity index (χ0n) is 12.1. The van der Waals surface area contributed by atoms with Gasteiger partial charge in [0.05, 0.1) is 0 Å². The van der Waals surface area contributed by atoms with Gasteiger partial charge in [0.1, 0.15) is 0 Å². The van der Waals surface area contributed by atoms with Gasteiger partial charge in [0.2, 0.25) is 0 Å². The fourth-order valence-corrected chi connectivity index (χ4v) is 2.82. The first kappa shape index (κ1) is 22.4. The highest BCUT2D eigenvalue weighted by Gasteiger charge is 2.43. The van der Waals surface area contributed by atoms with Crippen LogP contribution in [0.25, 0.3) is 0 Å². The van der Waals surface area contributed by atoms with Gasteiger partial charge in [0.25, 0.3) is 0 Å². The third kappa shape index (κ3) is 6.41. The molecule has 0 saturated carbocycles. The molecule has 0 N–H and O–H groups in total. The number of hydrogen-bond acceptors (Lipinski definition) is 0. The first-order valence-electron chi connectivity index (χ1n) is 6.67.